The Hall–Kier alpha value is -0.740. The summed E-state index contributed by atoms with van der Waals surface area (Å²) in [5, 5.41) is 0. The van der Waals surface area contributed by atoms with Gasteiger partial charge in [0.1, 0.15) is 11.6 Å². The third-order valence-corrected chi connectivity index (χ3v) is 4.85. The highest BCUT2D eigenvalue weighted by Crippen LogP contribution is 2.39. The van der Waals surface area contributed by atoms with Gasteiger partial charge in [-0.1, -0.05) is 28.1 Å². The minimum Gasteiger partial charge on any atom is -0.207 e. The van der Waals surface area contributed by atoms with Gasteiger partial charge in [0.2, 0.25) is 0 Å². The van der Waals surface area contributed by atoms with Crippen LogP contribution in [0.2, 0.25) is 0 Å². The van der Waals surface area contributed by atoms with Crippen molar-refractivity contribution in [3.05, 3.63) is 68.7 Å². The van der Waals surface area contributed by atoms with Crippen LogP contribution in [-0.2, 0) is 0 Å². The second-order valence-corrected chi connectivity index (χ2v) is 6.17. The highest BCUT2D eigenvalue weighted by atomic mass is 79.9. The van der Waals surface area contributed by atoms with Gasteiger partial charge in [0, 0.05) is 0 Å². The molecular weight excluding hydrogens is 378 g/mol. The first-order valence-electron chi connectivity index (χ1n) is 5.76. The van der Waals surface area contributed by atoms with Gasteiger partial charge in [-0.2, -0.15) is 0 Å². The molecule has 0 amide bonds. The van der Waals surface area contributed by atoms with Crippen LogP contribution >= 0.6 is 31.9 Å². The zero-order valence-corrected chi connectivity index (χ0v) is 13.6. The first-order valence-corrected chi connectivity index (χ1v) is 7.47. The fraction of sp³-hybridized carbons (Fsp3) is 0.200. The van der Waals surface area contributed by atoms with Crippen molar-refractivity contribution in [1.29, 1.82) is 0 Å². The van der Waals surface area contributed by atoms with Gasteiger partial charge in [-0.05, 0) is 70.2 Å². The molecule has 100 valence electrons. The number of alkyl halides is 1. The summed E-state index contributed by atoms with van der Waals surface area (Å²) in [7, 11) is 0. The molecule has 0 heterocycles. The highest BCUT2D eigenvalue weighted by Gasteiger charge is 2.19. The zero-order valence-electron chi connectivity index (χ0n) is 10.5. The van der Waals surface area contributed by atoms with Gasteiger partial charge in [0.05, 0.1) is 9.30 Å². The molecule has 0 saturated heterocycles. The summed E-state index contributed by atoms with van der Waals surface area (Å²) in [6.07, 6.45) is 0. The van der Waals surface area contributed by atoms with E-state index in [9.17, 15) is 8.78 Å². The molecule has 1 unspecified atom stereocenters. The van der Waals surface area contributed by atoms with Crippen LogP contribution in [0.15, 0.2) is 34.8 Å². The van der Waals surface area contributed by atoms with Crippen LogP contribution in [0.4, 0.5) is 8.78 Å². The van der Waals surface area contributed by atoms with E-state index >= 15 is 0 Å². The number of benzene rings is 2. The van der Waals surface area contributed by atoms with E-state index in [1.54, 1.807) is 6.07 Å². The van der Waals surface area contributed by atoms with Gasteiger partial charge >= 0.3 is 0 Å². The van der Waals surface area contributed by atoms with Crippen LogP contribution in [-0.4, -0.2) is 0 Å². The summed E-state index contributed by atoms with van der Waals surface area (Å²) < 4.78 is 27.4. The van der Waals surface area contributed by atoms with Crippen LogP contribution in [0.3, 0.4) is 0 Å². The van der Waals surface area contributed by atoms with E-state index in [-0.39, 0.29) is 16.5 Å². The Morgan fingerprint density at radius 3 is 2.21 bits per heavy atom. The fourth-order valence-electron chi connectivity index (χ4n) is 2.19. The van der Waals surface area contributed by atoms with E-state index in [1.807, 2.05) is 19.9 Å². The van der Waals surface area contributed by atoms with Crippen LogP contribution in [0, 0.1) is 25.5 Å². The van der Waals surface area contributed by atoms with Crippen molar-refractivity contribution < 1.29 is 8.78 Å². The monoisotopic (exact) mass is 388 g/mol. The molecule has 0 aliphatic heterocycles. The van der Waals surface area contributed by atoms with Crippen LogP contribution < -0.4 is 0 Å². The molecule has 0 aromatic heterocycles. The van der Waals surface area contributed by atoms with E-state index < -0.39 is 0 Å². The van der Waals surface area contributed by atoms with Gasteiger partial charge in [-0.25, -0.2) is 8.78 Å². The number of halogens is 4. The maximum absolute atomic E-state index is 13.6. The Morgan fingerprint density at radius 1 is 1.05 bits per heavy atom. The zero-order chi connectivity index (χ0) is 14.2. The first-order chi connectivity index (χ1) is 8.91. The Morgan fingerprint density at radius 2 is 1.63 bits per heavy atom. The quantitative estimate of drug-likeness (QED) is 0.567. The predicted octanol–water partition coefficient (Wildman–Crippen LogP) is 5.83. The van der Waals surface area contributed by atoms with Gasteiger partial charge in [0.15, 0.2) is 0 Å². The van der Waals surface area contributed by atoms with Crippen molar-refractivity contribution in [1.82, 2.24) is 0 Å². The molecule has 0 bridgehead atoms. The lowest BCUT2D eigenvalue weighted by atomic mass is 9.96. The lowest BCUT2D eigenvalue weighted by Gasteiger charge is -2.18. The molecule has 0 N–H and O–H groups in total. The average molecular weight is 390 g/mol. The molecular formula is C15H12Br2F2. The Bertz CT molecular complexity index is 601. The summed E-state index contributed by atoms with van der Waals surface area (Å²) >= 11 is 6.85. The summed E-state index contributed by atoms with van der Waals surface area (Å²) in [5.41, 5.74) is 3.44. The molecule has 0 aliphatic carbocycles. The largest absolute Gasteiger partial charge is 0.207 e. The molecule has 0 radical (unpaired) electrons. The summed E-state index contributed by atoms with van der Waals surface area (Å²) in [4.78, 5) is -0.182. The summed E-state index contributed by atoms with van der Waals surface area (Å²) in [6.45, 7) is 3.71. The van der Waals surface area contributed by atoms with Crippen molar-refractivity contribution in [2.24, 2.45) is 0 Å². The van der Waals surface area contributed by atoms with Gasteiger partial charge in [-0.3, -0.25) is 0 Å². The Kier molecular flexibility index (Phi) is 4.41. The molecule has 0 spiro atoms. The van der Waals surface area contributed by atoms with E-state index in [0.29, 0.717) is 4.47 Å². The molecule has 2 rings (SSSR count). The second kappa shape index (κ2) is 5.71. The topological polar surface area (TPSA) is 0 Å². The summed E-state index contributed by atoms with van der Waals surface area (Å²) in [6, 6.07) is 7.89. The maximum Gasteiger partial charge on any atom is 0.137 e. The molecule has 2 aromatic carbocycles. The molecule has 1 atom stereocenters. The molecule has 4 heteroatoms. The molecule has 19 heavy (non-hydrogen) atoms. The van der Waals surface area contributed by atoms with Crippen LogP contribution in [0.25, 0.3) is 0 Å². The third kappa shape index (κ3) is 2.90. The average Bonchev–Trinajstić information content (AvgIpc) is 2.31. The van der Waals surface area contributed by atoms with Gasteiger partial charge in [0.25, 0.3) is 0 Å². The molecule has 2 aromatic rings. The van der Waals surface area contributed by atoms with Crippen molar-refractivity contribution >= 4 is 31.9 Å². The van der Waals surface area contributed by atoms with E-state index in [1.165, 1.54) is 18.2 Å². The fourth-order valence-corrected chi connectivity index (χ4v) is 4.10. The van der Waals surface area contributed by atoms with E-state index in [4.69, 9.17) is 0 Å². The van der Waals surface area contributed by atoms with Gasteiger partial charge in [-0.15, -0.1) is 0 Å². The number of hydrogen-bond donors (Lipinski definition) is 0. The minimum absolute atomic E-state index is 0.182. The van der Waals surface area contributed by atoms with Crippen molar-refractivity contribution in [2.45, 2.75) is 18.7 Å². The lowest BCUT2D eigenvalue weighted by molar-refractivity contribution is 0.618. The smallest absolute Gasteiger partial charge is 0.137 e. The highest BCUT2D eigenvalue weighted by molar-refractivity contribution is 9.11. The predicted molar refractivity (Wildman–Crippen MR) is 80.7 cm³/mol. The lowest BCUT2D eigenvalue weighted by Crippen LogP contribution is -2.02. The minimum atomic E-state index is -0.306. The van der Waals surface area contributed by atoms with Crippen LogP contribution in [0.1, 0.15) is 27.1 Å². The van der Waals surface area contributed by atoms with Crippen molar-refractivity contribution in [3.63, 3.8) is 0 Å². The third-order valence-electron chi connectivity index (χ3n) is 3.07. The summed E-state index contributed by atoms with van der Waals surface area (Å²) in [5.74, 6) is -0.559. The van der Waals surface area contributed by atoms with Crippen LogP contribution in [0.5, 0.6) is 0 Å². The number of aryl methyl sites for hydroxylation is 2. The molecule has 0 fully saturated rings. The molecule has 0 aliphatic rings. The number of hydrogen-bond acceptors (Lipinski definition) is 0. The van der Waals surface area contributed by atoms with E-state index in [2.05, 4.69) is 31.9 Å². The molecule has 0 saturated carbocycles. The normalized spacial score (nSPS) is 12.5. The maximum atomic E-state index is 13.6. The van der Waals surface area contributed by atoms with Crippen molar-refractivity contribution in [3.8, 4) is 0 Å². The molecule has 0 nitrogen and oxygen atoms in total. The standard InChI is InChI=1S/C15H12Br2F2/c1-8-6-10(18)7-9(2)13(8)15(17)11-4-3-5-12(19)14(11)16/h3-7,15H,1-2H3. The first kappa shape index (κ1) is 14.7. The van der Waals surface area contributed by atoms with Gasteiger partial charge < -0.3 is 0 Å². The number of rotatable bonds is 2. The Balaban J connectivity index is 2.56. The Labute approximate surface area is 128 Å². The SMILES string of the molecule is Cc1cc(F)cc(C)c1C(Br)c1cccc(F)c1Br. The van der Waals surface area contributed by atoms with Crippen molar-refractivity contribution in [2.75, 3.05) is 0 Å². The second-order valence-electron chi connectivity index (χ2n) is 4.46. The van der Waals surface area contributed by atoms with E-state index in [0.717, 1.165) is 22.3 Å².